The van der Waals surface area contributed by atoms with Crippen molar-refractivity contribution in [1.82, 2.24) is 10.2 Å². The van der Waals surface area contributed by atoms with Crippen molar-refractivity contribution < 1.29 is 9.90 Å². The number of hydrogen-bond donors (Lipinski definition) is 2. The molecule has 82 valence electrons. The van der Waals surface area contributed by atoms with E-state index in [0.717, 1.165) is 25.0 Å². The zero-order valence-corrected chi connectivity index (χ0v) is 9.08. The van der Waals surface area contributed by atoms with E-state index in [1.165, 1.54) is 6.20 Å². The van der Waals surface area contributed by atoms with E-state index in [1.54, 1.807) is 0 Å². The van der Waals surface area contributed by atoms with Gasteiger partial charge < -0.3 is 5.11 Å². The van der Waals surface area contributed by atoms with Gasteiger partial charge in [-0.3, -0.25) is 5.10 Å². The first-order valence-corrected chi connectivity index (χ1v) is 5.26. The van der Waals surface area contributed by atoms with Gasteiger partial charge in [-0.25, -0.2) is 4.79 Å². The molecule has 15 heavy (non-hydrogen) atoms. The number of carboxylic acids is 1. The smallest absolute Gasteiger partial charge is 0.339 e. The third kappa shape index (κ3) is 1.89. The predicted molar refractivity (Wildman–Crippen MR) is 55.9 cm³/mol. The van der Waals surface area contributed by atoms with E-state index >= 15 is 0 Å². The second-order valence-corrected chi connectivity index (χ2v) is 5.11. The van der Waals surface area contributed by atoms with Crippen LogP contribution in [0.2, 0.25) is 0 Å². The first-order valence-electron chi connectivity index (χ1n) is 5.26. The third-order valence-electron chi connectivity index (χ3n) is 3.28. The van der Waals surface area contributed by atoms with E-state index in [2.05, 4.69) is 24.0 Å². The Morgan fingerprint density at radius 2 is 2.40 bits per heavy atom. The Bertz CT molecular complexity index is 382. The molecule has 0 amide bonds. The Morgan fingerprint density at radius 1 is 1.67 bits per heavy atom. The molecule has 2 rings (SSSR count). The highest BCUT2D eigenvalue weighted by Gasteiger charge is 2.34. The minimum atomic E-state index is -0.886. The van der Waals surface area contributed by atoms with Crippen LogP contribution in [0.1, 0.15) is 55.1 Å². The van der Waals surface area contributed by atoms with E-state index in [-0.39, 0.29) is 0 Å². The van der Waals surface area contributed by atoms with Crippen LogP contribution in [-0.2, 0) is 0 Å². The molecule has 1 atom stereocenters. The second kappa shape index (κ2) is 3.36. The van der Waals surface area contributed by atoms with Gasteiger partial charge in [0, 0.05) is 5.92 Å². The van der Waals surface area contributed by atoms with Crippen LogP contribution in [0, 0.1) is 5.41 Å². The summed E-state index contributed by atoms with van der Waals surface area (Å²) >= 11 is 0. The Labute approximate surface area is 88.7 Å². The first kappa shape index (κ1) is 10.2. The molecular weight excluding hydrogens is 192 g/mol. The summed E-state index contributed by atoms with van der Waals surface area (Å²) in [5.41, 5.74) is 1.46. The highest BCUT2D eigenvalue weighted by atomic mass is 16.4. The number of aromatic carboxylic acids is 1. The summed E-state index contributed by atoms with van der Waals surface area (Å²) in [7, 11) is 0. The van der Waals surface area contributed by atoms with Crippen LogP contribution >= 0.6 is 0 Å². The van der Waals surface area contributed by atoms with E-state index < -0.39 is 5.97 Å². The van der Waals surface area contributed by atoms with Crippen molar-refractivity contribution in [2.45, 2.75) is 39.0 Å². The van der Waals surface area contributed by atoms with Gasteiger partial charge in [0.1, 0.15) is 5.56 Å². The maximum absolute atomic E-state index is 10.9. The van der Waals surface area contributed by atoms with Crippen LogP contribution in [0.15, 0.2) is 6.20 Å². The summed E-state index contributed by atoms with van der Waals surface area (Å²) < 4.78 is 0. The molecule has 0 spiro atoms. The average Bonchev–Trinajstić information content (AvgIpc) is 2.69. The first-order chi connectivity index (χ1) is 6.99. The summed E-state index contributed by atoms with van der Waals surface area (Å²) in [6.45, 7) is 4.45. The van der Waals surface area contributed by atoms with E-state index in [4.69, 9.17) is 5.11 Å². The fraction of sp³-hybridized carbons (Fsp3) is 0.636. The molecule has 0 bridgehead atoms. The lowest BCUT2D eigenvalue weighted by molar-refractivity contribution is 0.0695. The Kier molecular flexibility index (Phi) is 2.29. The van der Waals surface area contributed by atoms with Gasteiger partial charge in [-0.05, 0) is 24.7 Å². The average molecular weight is 208 g/mol. The Hall–Kier alpha value is -1.32. The molecule has 1 saturated carbocycles. The molecule has 0 aromatic carbocycles. The number of aromatic nitrogens is 2. The molecule has 0 radical (unpaired) electrons. The number of carboxylic acid groups (broad SMARTS) is 1. The Morgan fingerprint density at radius 3 is 2.93 bits per heavy atom. The van der Waals surface area contributed by atoms with Gasteiger partial charge >= 0.3 is 5.97 Å². The van der Waals surface area contributed by atoms with E-state index in [1.807, 2.05) is 0 Å². The predicted octanol–water partition coefficient (Wildman–Crippen LogP) is 2.40. The van der Waals surface area contributed by atoms with Crippen molar-refractivity contribution in [1.29, 1.82) is 0 Å². The summed E-state index contributed by atoms with van der Waals surface area (Å²) in [5, 5.41) is 15.7. The molecule has 1 unspecified atom stereocenters. The number of H-pyrrole nitrogens is 1. The van der Waals surface area contributed by atoms with Crippen LogP contribution < -0.4 is 0 Å². The number of hydrogen-bond acceptors (Lipinski definition) is 2. The maximum Gasteiger partial charge on any atom is 0.339 e. The minimum Gasteiger partial charge on any atom is -0.478 e. The monoisotopic (exact) mass is 208 g/mol. The number of nitrogens with one attached hydrogen (secondary N) is 1. The molecule has 1 aromatic rings. The fourth-order valence-corrected chi connectivity index (χ4v) is 2.46. The molecule has 4 nitrogen and oxygen atoms in total. The zero-order chi connectivity index (χ0) is 11.1. The van der Waals surface area contributed by atoms with Crippen molar-refractivity contribution in [2.75, 3.05) is 0 Å². The lowest BCUT2D eigenvalue weighted by atomic mass is 9.89. The van der Waals surface area contributed by atoms with Gasteiger partial charge in [-0.1, -0.05) is 13.8 Å². The van der Waals surface area contributed by atoms with Crippen LogP contribution in [0.5, 0.6) is 0 Å². The van der Waals surface area contributed by atoms with Gasteiger partial charge in [-0.2, -0.15) is 5.10 Å². The van der Waals surface area contributed by atoms with Gasteiger partial charge in [0.25, 0.3) is 0 Å². The fourth-order valence-electron chi connectivity index (χ4n) is 2.46. The number of aromatic amines is 1. The highest BCUT2D eigenvalue weighted by Crippen LogP contribution is 2.46. The molecule has 0 saturated heterocycles. The molecule has 0 aliphatic heterocycles. The van der Waals surface area contributed by atoms with Crippen LogP contribution in [0.25, 0.3) is 0 Å². The summed E-state index contributed by atoms with van der Waals surface area (Å²) in [4.78, 5) is 10.9. The maximum atomic E-state index is 10.9. The second-order valence-electron chi connectivity index (χ2n) is 5.11. The standard InChI is InChI=1S/C11H16N2O2/c1-11(2)4-3-7(5-11)9-8(10(14)15)6-12-13-9/h6-7H,3-5H2,1-2H3,(H,12,13)(H,14,15). The molecule has 4 heteroatoms. The number of rotatable bonds is 2. The summed E-state index contributed by atoms with van der Waals surface area (Å²) in [6.07, 6.45) is 4.64. The van der Waals surface area contributed by atoms with Gasteiger partial charge in [-0.15, -0.1) is 0 Å². The molecule has 2 N–H and O–H groups in total. The van der Waals surface area contributed by atoms with Crippen molar-refractivity contribution >= 4 is 5.97 Å². The van der Waals surface area contributed by atoms with E-state index in [0.29, 0.717) is 16.9 Å². The number of nitrogens with zero attached hydrogens (tertiary/aromatic N) is 1. The Balaban J connectivity index is 2.24. The van der Waals surface area contributed by atoms with Crippen molar-refractivity contribution in [3.8, 4) is 0 Å². The van der Waals surface area contributed by atoms with Gasteiger partial charge in [0.05, 0.1) is 11.9 Å². The van der Waals surface area contributed by atoms with Crippen molar-refractivity contribution in [2.24, 2.45) is 5.41 Å². The summed E-state index contributed by atoms with van der Waals surface area (Å²) in [5.74, 6) is -0.558. The van der Waals surface area contributed by atoms with Crippen LogP contribution in [0.3, 0.4) is 0 Å². The number of carbonyl (C=O) groups is 1. The zero-order valence-electron chi connectivity index (χ0n) is 9.08. The van der Waals surface area contributed by atoms with E-state index in [9.17, 15) is 4.79 Å². The van der Waals surface area contributed by atoms with Gasteiger partial charge in [0.15, 0.2) is 0 Å². The van der Waals surface area contributed by atoms with Crippen LogP contribution in [-0.4, -0.2) is 21.3 Å². The van der Waals surface area contributed by atoms with Crippen molar-refractivity contribution in [3.05, 3.63) is 17.5 Å². The van der Waals surface area contributed by atoms with Gasteiger partial charge in [0.2, 0.25) is 0 Å². The SMILES string of the molecule is CC1(C)CCC(c2[nH]ncc2C(=O)O)C1. The minimum absolute atomic E-state index is 0.325. The molecule has 1 aliphatic rings. The largest absolute Gasteiger partial charge is 0.478 e. The highest BCUT2D eigenvalue weighted by molar-refractivity contribution is 5.88. The lowest BCUT2D eigenvalue weighted by Gasteiger charge is -2.16. The molecule has 1 fully saturated rings. The lowest BCUT2D eigenvalue weighted by Crippen LogP contribution is -2.07. The normalized spacial score (nSPS) is 24.3. The van der Waals surface area contributed by atoms with Crippen LogP contribution in [0.4, 0.5) is 0 Å². The quantitative estimate of drug-likeness (QED) is 0.784. The molecular formula is C11H16N2O2. The third-order valence-corrected chi connectivity index (χ3v) is 3.28. The summed E-state index contributed by atoms with van der Waals surface area (Å²) in [6, 6.07) is 0. The molecule has 1 heterocycles. The topological polar surface area (TPSA) is 66.0 Å². The molecule has 1 aromatic heterocycles. The van der Waals surface area contributed by atoms with Crippen molar-refractivity contribution in [3.63, 3.8) is 0 Å². The molecule has 1 aliphatic carbocycles.